The molecule has 1 heterocycles. The molecule has 1 aromatic carbocycles. The largest absolute Gasteiger partial charge is 0.398 e. The lowest BCUT2D eigenvalue weighted by Gasteiger charge is -2.10. The highest BCUT2D eigenvalue weighted by atomic mass is 35.5. The number of pyridine rings is 1. The summed E-state index contributed by atoms with van der Waals surface area (Å²) >= 11 is 5.82. The first kappa shape index (κ1) is 14.5. The summed E-state index contributed by atoms with van der Waals surface area (Å²) in [5.74, 6) is -0.730. The molecule has 0 aliphatic heterocycles. The molecule has 8 heteroatoms. The van der Waals surface area contributed by atoms with Crippen molar-refractivity contribution in [2.75, 3.05) is 10.5 Å². The van der Waals surface area contributed by atoms with Gasteiger partial charge in [0, 0.05) is 17.4 Å². The quantitative estimate of drug-likeness (QED) is 0.852. The third-order valence-corrected chi connectivity index (χ3v) is 4.28. The number of benzene rings is 1. The van der Waals surface area contributed by atoms with E-state index in [1.165, 1.54) is 25.3 Å². The summed E-state index contributed by atoms with van der Waals surface area (Å²) in [6, 6.07) is 5.11. The smallest absolute Gasteiger partial charge is 0.263 e. The summed E-state index contributed by atoms with van der Waals surface area (Å²) in [5, 5.41) is 0.136. The number of nitrogens with two attached hydrogens (primary N) is 1. The second kappa shape index (κ2) is 5.26. The van der Waals surface area contributed by atoms with Gasteiger partial charge in [0.15, 0.2) is 5.82 Å². The number of hydrogen-bond donors (Lipinski definition) is 2. The molecule has 0 aliphatic carbocycles. The van der Waals surface area contributed by atoms with Gasteiger partial charge in [0.05, 0.1) is 9.92 Å². The van der Waals surface area contributed by atoms with Crippen LogP contribution in [-0.2, 0) is 10.0 Å². The van der Waals surface area contributed by atoms with Crippen molar-refractivity contribution in [1.82, 2.24) is 4.98 Å². The van der Waals surface area contributed by atoms with Gasteiger partial charge in [-0.25, -0.2) is 17.8 Å². The third kappa shape index (κ3) is 2.83. The van der Waals surface area contributed by atoms with Crippen molar-refractivity contribution < 1.29 is 12.8 Å². The van der Waals surface area contributed by atoms with E-state index >= 15 is 0 Å². The molecule has 0 amide bonds. The molecule has 0 saturated carbocycles. The molecule has 0 radical (unpaired) electrons. The number of nitrogens with zero attached hydrogens (tertiary/aromatic N) is 1. The summed E-state index contributed by atoms with van der Waals surface area (Å²) in [6.07, 6.45) is 1.38. The molecular weight excluding hydrogens is 305 g/mol. The van der Waals surface area contributed by atoms with Gasteiger partial charge in [0.1, 0.15) is 5.82 Å². The van der Waals surface area contributed by atoms with Crippen LogP contribution in [0.25, 0.3) is 0 Å². The first-order valence-corrected chi connectivity index (χ1v) is 7.36. The number of aromatic nitrogens is 1. The van der Waals surface area contributed by atoms with Gasteiger partial charge in [0.25, 0.3) is 10.0 Å². The Hall–Kier alpha value is -1.86. The van der Waals surface area contributed by atoms with Crippen molar-refractivity contribution in [2.45, 2.75) is 11.8 Å². The van der Waals surface area contributed by atoms with Gasteiger partial charge in [-0.3, -0.25) is 4.72 Å². The lowest BCUT2D eigenvalue weighted by atomic mass is 10.2. The van der Waals surface area contributed by atoms with Gasteiger partial charge in [-0.05, 0) is 31.2 Å². The van der Waals surface area contributed by atoms with Crippen LogP contribution in [0.5, 0.6) is 0 Å². The van der Waals surface area contributed by atoms with Gasteiger partial charge < -0.3 is 5.73 Å². The number of nitrogens with one attached hydrogen (secondary N) is 1. The monoisotopic (exact) mass is 315 g/mol. The Balaban J connectivity index is 2.44. The van der Waals surface area contributed by atoms with Crippen LogP contribution in [0, 0.1) is 12.7 Å². The highest BCUT2D eigenvalue weighted by molar-refractivity contribution is 7.92. The number of hydrogen-bond acceptors (Lipinski definition) is 4. The maximum atomic E-state index is 13.6. The average molecular weight is 316 g/mol. The van der Waals surface area contributed by atoms with Crippen LogP contribution in [-0.4, -0.2) is 13.4 Å². The minimum Gasteiger partial charge on any atom is -0.398 e. The predicted octanol–water partition coefficient (Wildman–Crippen LogP) is 2.57. The van der Waals surface area contributed by atoms with Gasteiger partial charge in [-0.1, -0.05) is 11.6 Å². The van der Waals surface area contributed by atoms with Gasteiger partial charge >= 0.3 is 0 Å². The van der Waals surface area contributed by atoms with Crippen LogP contribution >= 0.6 is 11.6 Å². The molecule has 5 nitrogen and oxygen atoms in total. The van der Waals surface area contributed by atoms with Crippen LogP contribution in [0.3, 0.4) is 0 Å². The maximum Gasteiger partial charge on any atom is 0.263 e. The number of anilines is 2. The number of nitrogen functional groups attached to an aromatic ring is 1. The Morgan fingerprint density at radius 2 is 2.10 bits per heavy atom. The molecule has 0 fully saturated rings. The molecule has 106 valence electrons. The highest BCUT2D eigenvalue weighted by Gasteiger charge is 2.19. The first-order chi connectivity index (χ1) is 9.31. The van der Waals surface area contributed by atoms with Crippen LogP contribution in [0.4, 0.5) is 15.9 Å². The number of rotatable bonds is 3. The Morgan fingerprint density at radius 3 is 2.70 bits per heavy atom. The highest BCUT2D eigenvalue weighted by Crippen LogP contribution is 2.25. The zero-order chi connectivity index (χ0) is 14.9. The van der Waals surface area contributed by atoms with Gasteiger partial charge in [0.2, 0.25) is 0 Å². The molecule has 0 spiro atoms. The molecular formula is C12H11ClFN3O2S. The maximum absolute atomic E-state index is 13.6. The molecule has 20 heavy (non-hydrogen) atoms. The standard InChI is InChI=1S/C12H11ClFN3O2S/c1-7-10(14)5-8(6-11(7)15)20(18,19)17-12-9(13)3-2-4-16-12/h2-6H,15H2,1H3,(H,16,17). The van der Waals surface area contributed by atoms with E-state index in [2.05, 4.69) is 9.71 Å². The van der Waals surface area contributed by atoms with Crippen LogP contribution < -0.4 is 10.5 Å². The minimum absolute atomic E-state index is 0.0336. The van der Waals surface area contributed by atoms with E-state index in [-0.39, 0.29) is 27.0 Å². The molecule has 0 saturated heterocycles. The topological polar surface area (TPSA) is 85.1 Å². The molecule has 0 unspecified atom stereocenters. The van der Waals surface area contributed by atoms with Gasteiger partial charge in [-0.15, -0.1) is 0 Å². The number of halogens is 2. The van der Waals surface area contributed by atoms with Gasteiger partial charge in [-0.2, -0.15) is 0 Å². The average Bonchev–Trinajstić information content (AvgIpc) is 2.38. The Bertz CT molecular complexity index is 742. The fourth-order valence-electron chi connectivity index (χ4n) is 1.48. The minimum atomic E-state index is -4.01. The summed E-state index contributed by atoms with van der Waals surface area (Å²) in [5.41, 5.74) is 5.82. The molecule has 0 bridgehead atoms. The third-order valence-electron chi connectivity index (χ3n) is 2.66. The van der Waals surface area contributed by atoms with E-state index < -0.39 is 15.8 Å². The molecule has 2 rings (SSSR count). The Labute approximate surface area is 120 Å². The van der Waals surface area contributed by atoms with Crippen molar-refractivity contribution in [3.8, 4) is 0 Å². The van der Waals surface area contributed by atoms with Crippen LogP contribution in [0.15, 0.2) is 35.4 Å². The van der Waals surface area contributed by atoms with E-state index in [1.807, 2.05) is 0 Å². The Morgan fingerprint density at radius 1 is 1.40 bits per heavy atom. The van der Waals surface area contributed by atoms with Crippen LogP contribution in [0.1, 0.15) is 5.56 Å². The summed E-state index contributed by atoms with van der Waals surface area (Å²) < 4.78 is 40.0. The summed E-state index contributed by atoms with van der Waals surface area (Å²) in [7, 11) is -4.01. The van der Waals surface area contributed by atoms with Crippen LogP contribution in [0.2, 0.25) is 5.02 Å². The summed E-state index contributed by atoms with van der Waals surface area (Å²) in [4.78, 5) is 3.51. The van der Waals surface area contributed by atoms with E-state index in [9.17, 15) is 12.8 Å². The predicted molar refractivity (Wildman–Crippen MR) is 75.6 cm³/mol. The molecule has 0 aliphatic rings. The zero-order valence-electron chi connectivity index (χ0n) is 10.4. The molecule has 0 atom stereocenters. The normalized spacial score (nSPS) is 11.3. The molecule has 2 aromatic rings. The summed E-state index contributed by atoms with van der Waals surface area (Å²) in [6.45, 7) is 1.46. The lowest BCUT2D eigenvalue weighted by molar-refractivity contribution is 0.593. The molecule has 3 N–H and O–H groups in total. The van der Waals surface area contributed by atoms with E-state index in [0.29, 0.717) is 0 Å². The van der Waals surface area contributed by atoms with E-state index in [1.54, 1.807) is 6.07 Å². The van der Waals surface area contributed by atoms with E-state index in [4.69, 9.17) is 17.3 Å². The second-order valence-electron chi connectivity index (χ2n) is 4.06. The van der Waals surface area contributed by atoms with Crippen molar-refractivity contribution in [1.29, 1.82) is 0 Å². The van der Waals surface area contributed by atoms with Crippen molar-refractivity contribution >= 4 is 33.1 Å². The lowest BCUT2D eigenvalue weighted by Crippen LogP contribution is -2.15. The Kier molecular flexibility index (Phi) is 3.82. The molecule has 1 aromatic heterocycles. The zero-order valence-corrected chi connectivity index (χ0v) is 12.0. The SMILES string of the molecule is Cc1c(N)cc(S(=O)(=O)Nc2ncccc2Cl)cc1F. The van der Waals surface area contributed by atoms with Crippen molar-refractivity contribution in [3.05, 3.63) is 46.9 Å². The van der Waals surface area contributed by atoms with Crippen molar-refractivity contribution in [3.63, 3.8) is 0 Å². The van der Waals surface area contributed by atoms with Crippen molar-refractivity contribution in [2.24, 2.45) is 0 Å². The fourth-order valence-corrected chi connectivity index (χ4v) is 2.78. The first-order valence-electron chi connectivity index (χ1n) is 5.50. The van der Waals surface area contributed by atoms with E-state index in [0.717, 1.165) is 6.07 Å². The fraction of sp³-hybridized carbons (Fsp3) is 0.0833. The second-order valence-corrected chi connectivity index (χ2v) is 6.15. The number of sulfonamides is 1.